The second kappa shape index (κ2) is 7.30. The Morgan fingerprint density at radius 3 is 2.69 bits per heavy atom. The molecule has 29 heavy (non-hydrogen) atoms. The lowest BCUT2D eigenvalue weighted by molar-refractivity contribution is 0.390. The van der Waals surface area contributed by atoms with Crippen LogP contribution in [0.15, 0.2) is 57.9 Å². The highest BCUT2D eigenvalue weighted by molar-refractivity contribution is 9.10. The number of methoxy groups -OCH3 is 1. The minimum Gasteiger partial charge on any atom is -0.496 e. The largest absolute Gasteiger partial charge is 0.496 e. The van der Waals surface area contributed by atoms with Crippen molar-refractivity contribution in [1.82, 2.24) is 4.31 Å². The second-order valence-electron chi connectivity index (χ2n) is 7.29. The topological polar surface area (TPSA) is 46.6 Å². The van der Waals surface area contributed by atoms with Crippen molar-refractivity contribution >= 4 is 48.5 Å². The van der Waals surface area contributed by atoms with Crippen LogP contribution >= 0.6 is 27.7 Å². The standard InChI is InChI=1S/C22H20BrNO3S2/c1-27-19-9-8-16(23)13-18(19)22-24(11-12-28-22)29(25,26)20-10-7-15-6-5-14-3-2-4-17(20)21(14)15/h2-4,7-10,13,22H,5-6,11-12H2,1H3. The van der Waals surface area contributed by atoms with E-state index in [1.165, 1.54) is 11.1 Å². The molecule has 1 unspecified atom stereocenters. The van der Waals surface area contributed by atoms with Crippen molar-refractivity contribution in [2.75, 3.05) is 19.4 Å². The summed E-state index contributed by atoms with van der Waals surface area (Å²) in [6.07, 6.45) is 1.96. The molecule has 2 aliphatic rings. The van der Waals surface area contributed by atoms with E-state index in [2.05, 4.69) is 22.0 Å². The molecule has 7 heteroatoms. The summed E-state index contributed by atoms with van der Waals surface area (Å²) in [6.45, 7) is 0.482. The van der Waals surface area contributed by atoms with Crippen LogP contribution in [0.25, 0.3) is 10.8 Å². The maximum atomic E-state index is 13.8. The minimum absolute atomic E-state index is 0.310. The molecule has 0 aromatic heterocycles. The first-order chi connectivity index (χ1) is 14.0. The molecule has 1 atom stereocenters. The molecule has 1 aliphatic heterocycles. The highest BCUT2D eigenvalue weighted by Crippen LogP contribution is 2.46. The van der Waals surface area contributed by atoms with E-state index in [9.17, 15) is 8.42 Å². The Kier molecular flexibility index (Phi) is 4.89. The van der Waals surface area contributed by atoms with Gasteiger partial charge in [0.25, 0.3) is 0 Å². The van der Waals surface area contributed by atoms with Crippen molar-refractivity contribution in [3.05, 3.63) is 69.7 Å². The van der Waals surface area contributed by atoms with Crippen LogP contribution in [-0.4, -0.2) is 32.1 Å². The number of rotatable bonds is 4. The molecule has 1 heterocycles. The van der Waals surface area contributed by atoms with E-state index in [4.69, 9.17) is 4.74 Å². The molecule has 3 aromatic rings. The second-order valence-corrected chi connectivity index (χ2v) is 11.3. The Hall–Kier alpha value is -1.54. The molecule has 150 valence electrons. The number of sulfonamides is 1. The van der Waals surface area contributed by atoms with Gasteiger partial charge in [0.2, 0.25) is 10.0 Å². The molecule has 1 fully saturated rings. The van der Waals surface area contributed by atoms with Crippen LogP contribution in [0, 0.1) is 0 Å². The van der Waals surface area contributed by atoms with Gasteiger partial charge in [0.05, 0.1) is 17.4 Å². The number of nitrogens with zero attached hydrogens (tertiary/aromatic N) is 1. The van der Waals surface area contributed by atoms with Crippen molar-refractivity contribution in [3.63, 3.8) is 0 Å². The fraction of sp³-hybridized carbons (Fsp3) is 0.273. The zero-order valence-corrected chi connectivity index (χ0v) is 19.1. The Morgan fingerprint density at radius 1 is 1.10 bits per heavy atom. The number of hydrogen-bond donors (Lipinski definition) is 0. The first-order valence-electron chi connectivity index (χ1n) is 9.51. The lowest BCUT2D eigenvalue weighted by Crippen LogP contribution is -2.31. The van der Waals surface area contributed by atoms with E-state index >= 15 is 0 Å². The Balaban J connectivity index is 1.64. The molecule has 3 aromatic carbocycles. The Labute approximate surface area is 183 Å². The summed E-state index contributed by atoms with van der Waals surface area (Å²) < 4.78 is 35.7. The predicted octanol–water partition coefficient (Wildman–Crippen LogP) is 5.15. The molecular formula is C22H20BrNO3S2. The molecule has 0 N–H and O–H groups in total. The zero-order valence-electron chi connectivity index (χ0n) is 15.9. The first-order valence-corrected chi connectivity index (χ1v) is 12.8. The average Bonchev–Trinajstić information content (AvgIpc) is 3.37. The molecule has 4 nitrogen and oxygen atoms in total. The summed E-state index contributed by atoms with van der Waals surface area (Å²) >= 11 is 5.14. The fourth-order valence-electron chi connectivity index (χ4n) is 4.42. The van der Waals surface area contributed by atoms with E-state index < -0.39 is 10.0 Å². The van der Waals surface area contributed by atoms with Gasteiger partial charge in [-0.05, 0) is 53.6 Å². The van der Waals surface area contributed by atoms with Gasteiger partial charge >= 0.3 is 0 Å². The monoisotopic (exact) mass is 489 g/mol. The number of aryl methyl sites for hydroxylation is 2. The van der Waals surface area contributed by atoms with Gasteiger partial charge in [-0.3, -0.25) is 0 Å². The summed E-state index contributed by atoms with van der Waals surface area (Å²) in [5, 5.41) is 1.65. The van der Waals surface area contributed by atoms with Crippen LogP contribution < -0.4 is 4.74 Å². The van der Waals surface area contributed by atoms with E-state index in [0.29, 0.717) is 17.2 Å². The van der Waals surface area contributed by atoms with E-state index in [1.54, 1.807) is 29.2 Å². The van der Waals surface area contributed by atoms with Crippen LogP contribution in [0.3, 0.4) is 0 Å². The summed E-state index contributed by atoms with van der Waals surface area (Å²) in [7, 11) is -2.05. The van der Waals surface area contributed by atoms with Crippen molar-refractivity contribution in [2.45, 2.75) is 23.1 Å². The van der Waals surface area contributed by atoms with Gasteiger partial charge in [-0.2, -0.15) is 4.31 Å². The summed E-state index contributed by atoms with van der Waals surface area (Å²) in [5.41, 5.74) is 3.37. The normalized spacial score (nSPS) is 19.2. The van der Waals surface area contributed by atoms with Crippen molar-refractivity contribution in [2.24, 2.45) is 0 Å². The van der Waals surface area contributed by atoms with Crippen LogP contribution in [0.2, 0.25) is 0 Å². The van der Waals surface area contributed by atoms with Crippen LogP contribution in [-0.2, 0) is 22.9 Å². The average molecular weight is 490 g/mol. The van der Waals surface area contributed by atoms with Crippen LogP contribution in [0.1, 0.15) is 22.1 Å². The minimum atomic E-state index is -3.66. The number of benzene rings is 3. The summed E-state index contributed by atoms with van der Waals surface area (Å²) in [4.78, 5) is 0.404. The van der Waals surface area contributed by atoms with Crippen LogP contribution in [0.4, 0.5) is 0 Å². The lowest BCUT2D eigenvalue weighted by Gasteiger charge is -2.25. The molecule has 0 bridgehead atoms. The smallest absolute Gasteiger partial charge is 0.245 e. The van der Waals surface area contributed by atoms with Crippen LogP contribution in [0.5, 0.6) is 5.75 Å². The molecule has 0 radical (unpaired) electrons. The third kappa shape index (κ3) is 3.10. The SMILES string of the molecule is COc1ccc(Br)cc1C1SCCN1S(=O)(=O)c1ccc2c3c(cccc13)CC2. The molecule has 5 rings (SSSR count). The highest BCUT2D eigenvalue weighted by atomic mass is 79.9. The lowest BCUT2D eigenvalue weighted by atomic mass is 10.1. The van der Waals surface area contributed by atoms with Crippen molar-refractivity contribution < 1.29 is 13.2 Å². The predicted molar refractivity (Wildman–Crippen MR) is 121 cm³/mol. The number of ether oxygens (including phenoxy) is 1. The molecule has 1 aliphatic carbocycles. The maximum Gasteiger partial charge on any atom is 0.245 e. The van der Waals surface area contributed by atoms with E-state index in [1.807, 2.05) is 36.4 Å². The summed E-state index contributed by atoms with van der Waals surface area (Å²) in [5.74, 6) is 1.45. The maximum absolute atomic E-state index is 13.8. The molecule has 0 amide bonds. The highest BCUT2D eigenvalue weighted by Gasteiger charge is 2.39. The zero-order chi connectivity index (χ0) is 20.2. The van der Waals surface area contributed by atoms with E-state index in [0.717, 1.165) is 39.4 Å². The number of thioether (sulfide) groups is 1. The quantitative estimate of drug-likeness (QED) is 0.508. The van der Waals surface area contributed by atoms with Gasteiger partial charge in [-0.1, -0.05) is 40.2 Å². The van der Waals surface area contributed by atoms with Gasteiger partial charge in [0.15, 0.2) is 0 Å². The third-order valence-corrected chi connectivity index (χ3v) is 9.52. The van der Waals surface area contributed by atoms with Gasteiger partial charge < -0.3 is 4.74 Å². The molecular weight excluding hydrogens is 470 g/mol. The molecule has 1 saturated heterocycles. The number of halogens is 1. The van der Waals surface area contributed by atoms with Gasteiger partial charge in [0.1, 0.15) is 5.75 Å². The van der Waals surface area contributed by atoms with Gasteiger partial charge in [-0.25, -0.2) is 8.42 Å². The van der Waals surface area contributed by atoms with Crippen molar-refractivity contribution in [3.8, 4) is 5.75 Å². The van der Waals surface area contributed by atoms with E-state index in [-0.39, 0.29) is 5.37 Å². The molecule has 0 saturated carbocycles. The fourth-order valence-corrected chi connectivity index (χ4v) is 8.23. The molecule has 0 spiro atoms. The third-order valence-electron chi connectivity index (χ3n) is 5.73. The van der Waals surface area contributed by atoms with Gasteiger partial charge in [0, 0.05) is 27.7 Å². The Morgan fingerprint density at radius 2 is 1.90 bits per heavy atom. The first kappa shape index (κ1) is 19.4. The number of hydrogen-bond acceptors (Lipinski definition) is 4. The summed E-state index contributed by atoms with van der Waals surface area (Å²) in [6, 6.07) is 15.5. The Bertz CT molecular complexity index is 1220. The van der Waals surface area contributed by atoms with Crippen molar-refractivity contribution in [1.29, 1.82) is 0 Å². The van der Waals surface area contributed by atoms with Gasteiger partial charge in [-0.15, -0.1) is 11.8 Å².